The van der Waals surface area contributed by atoms with E-state index < -0.39 is 11.7 Å². The van der Waals surface area contributed by atoms with Crippen molar-refractivity contribution in [3.8, 4) is 0 Å². The van der Waals surface area contributed by atoms with Crippen molar-refractivity contribution < 1.29 is 13.2 Å². The summed E-state index contributed by atoms with van der Waals surface area (Å²) in [6.07, 6.45) is -1.09. The van der Waals surface area contributed by atoms with Crippen LogP contribution in [-0.2, 0) is 13.2 Å². The van der Waals surface area contributed by atoms with Gasteiger partial charge < -0.3 is 5.73 Å². The van der Waals surface area contributed by atoms with Crippen LogP contribution in [0.5, 0.6) is 0 Å². The van der Waals surface area contributed by atoms with Gasteiger partial charge in [-0.15, -0.1) is 0 Å². The smallest absolute Gasteiger partial charge is 0.382 e. The number of amidine groups is 1. The Labute approximate surface area is 129 Å². The molecule has 0 amide bonds. The molecule has 0 aliphatic rings. The molecule has 8 heteroatoms. The highest BCUT2D eigenvalue weighted by molar-refractivity contribution is 5.99. The van der Waals surface area contributed by atoms with E-state index >= 15 is 0 Å². The molecule has 0 spiro atoms. The first-order valence-electron chi connectivity index (χ1n) is 6.64. The van der Waals surface area contributed by atoms with Gasteiger partial charge in [0.15, 0.2) is 0 Å². The molecule has 0 radical (unpaired) electrons. The number of pyridine rings is 1. The lowest BCUT2D eigenvalue weighted by molar-refractivity contribution is -0.137. The van der Waals surface area contributed by atoms with Crippen molar-refractivity contribution in [1.82, 2.24) is 14.8 Å². The quantitative estimate of drug-likeness (QED) is 0.583. The van der Waals surface area contributed by atoms with Gasteiger partial charge in [-0.2, -0.15) is 18.3 Å². The molecule has 3 aromatic rings. The van der Waals surface area contributed by atoms with Crippen molar-refractivity contribution in [2.24, 2.45) is 17.8 Å². The molecule has 2 heterocycles. The fourth-order valence-corrected chi connectivity index (χ4v) is 2.14. The number of hydrogen-bond donors (Lipinski definition) is 1. The number of aromatic nitrogens is 3. The number of aliphatic imine (C=N–C) groups is 1. The second kappa shape index (κ2) is 5.38. The summed E-state index contributed by atoms with van der Waals surface area (Å²) >= 11 is 0. The zero-order valence-electron chi connectivity index (χ0n) is 12.0. The molecule has 0 unspecified atom stereocenters. The van der Waals surface area contributed by atoms with E-state index in [1.807, 2.05) is 0 Å². The molecule has 0 aliphatic carbocycles. The molecule has 0 atom stereocenters. The lowest BCUT2D eigenvalue weighted by Crippen LogP contribution is -2.14. The molecule has 0 saturated carbocycles. The lowest BCUT2D eigenvalue weighted by atomic mass is 10.2. The molecule has 23 heavy (non-hydrogen) atoms. The summed E-state index contributed by atoms with van der Waals surface area (Å²) < 4.78 is 39.7. The highest BCUT2D eigenvalue weighted by atomic mass is 19.4. The van der Waals surface area contributed by atoms with E-state index in [2.05, 4.69) is 15.1 Å². The van der Waals surface area contributed by atoms with Gasteiger partial charge in [-0.05, 0) is 24.3 Å². The minimum Gasteiger partial charge on any atom is -0.382 e. The van der Waals surface area contributed by atoms with Crippen molar-refractivity contribution in [1.29, 1.82) is 0 Å². The second-order valence-electron chi connectivity index (χ2n) is 4.98. The Morgan fingerprint density at radius 1 is 1.26 bits per heavy atom. The highest BCUT2D eigenvalue weighted by Crippen LogP contribution is 2.31. The van der Waals surface area contributed by atoms with E-state index in [0.717, 1.165) is 17.5 Å². The van der Waals surface area contributed by atoms with Gasteiger partial charge in [0.05, 0.1) is 17.4 Å². The van der Waals surface area contributed by atoms with E-state index in [-0.39, 0.29) is 11.5 Å². The van der Waals surface area contributed by atoms with Crippen LogP contribution in [0.4, 0.5) is 18.9 Å². The number of rotatable bonds is 2. The predicted molar refractivity (Wildman–Crippen MR) is 80.3 cm³/mol. The summed E-state index contributed by atoms with van der Waals surface area (Å²) in [6.45, 7) is 0. The van der Waals surface area contributed by atoms with Crippen molar-refractivity contribution >= 4 is 22.4 Å². The number of halogens is 3. The van der Waals surface area contributed by atoms with Crippen LogP contribution in [0.25, 0.3) is 10.9 Å². The molecule has 2 aromatic heterocycles. The number of nitrogens with two attached hydrogens (primary N) is 1. The molecule has 2 N–H and O–H groups in total. The molecular formula is C15H12F3N5. The lowest BCUT2D eigenvalue weighted by Gasteiger charge is -2.07. The number of nitrogens with zero attached hydrogens (tertiary/aromatic N) is 4. The average molecular weight is 319 g/mol. The Morgan fingerprint density at radius 3 is 2.78 bits per heavy atom. The molecule has 0 bridgehead atoms. The third-order valence-corrected chi connectivity index (χ3v) is 3.19. The van der Waals surface area contributed by atoms with E-state index in [0.29, 0.717) is 11.2 Å². The highest BCUT2D eigenvalue weighted by Gasteiger charge is 2.30. The molecule has 0 fully saturated rings. The van der Waals surface area contributed by atoms with Gasteiger partial charge in [0, 0.05) is 18.6 Å². The van der Waals surface area contributed by atoms with E-state index in [1.54, 1.807) is 30.2 Å². The van der Waals surface area contributed by atoms with Crippen LogP contribution in [0, 0.1) is 0 Å². The maximum Gasteiger partial charge on any atom is 0.416 e. The average Bonchev–Trinajstić information content (AvgIpc) is 2.85. The van der Waals surface area contributed by atoms with Crippen molar-refractivity contribution in [3.63, 3.8) is 0 Å². The van der Waals surface area contributed by atoms with Gasteiger partial charge in [-0.25, -0.2) is 4.99 Å². The normalized spacial score (nSPS) is 12.8. The monoisotopic (exact) mass is 319 g/mol. The third-order valence-electron chi connectivity index (χ3n) is 3.19. The first-order valence-corrected chi connectivity index (χ1v) is 6.64. The topological polar surface area (TPSA) is 69.1 Å². The minimum atomic E-state index is -4.42. The van der Waals surface area contributed by atoms with Crippen molar-refractivity contribution in [3.05, 3.63) is 54.0 Å². The molecule has 3 rings (SSSR count). The number of aryl methyl sites for hydroxylation is 1. The van der Waals surface area contributed by atoms with Crippen LogP contribution in [-0.4, -0.2) is 20.6 Å². The maximum absolute atomic E-state index is 12.7. The Hall–Kier alpha value is -2.90. The van der Waals surface area contributed by atoms with Gasteiger partial charge >= 0.3 is 6.18 Å². The molecule has 118 valence electrons. The van der Waals surface area contributed by atoms with Gasteiger partial charge in [0.1, 0.15) is 17.0 Å². The molecule has 0 aliphatic heterocycles. The van der Waals surface area contributed by atoms with Gasteiger partial charge in [-0.3, -0.25) is 9.67 Å². The van der Waals surface area contributed by atoms with E-state index in [9.17, 15) is 13.2 Å². The predicted octanol–water partition coefficient (Wildman–Crippen LogP) is 3.02. The number of fused-ring (bicyclic) bond motifs is 1. The van der Waals surface area contributed by atoms with Crippen LogP contribution >= 0.6 is 0 Å². The molecule has 0 saturated heterocycles. The summed E-state index contributed by atoms with van der Waals surface area (Å²) in [5.41, 5.74) is 6.28. The summed E-state index contributed by atoms with van der Waals surface area (Å²) in [7, 11) is 1.78. The van der Waals surface area contributed by atoms with Crippen LogP contribution in [0.1, 0.15) is 11.3 Å². The Kier molecular flexibility index (Phi) is 3.51. The van der Waals surface area contributed by atoms with E-state index in [1.165, 1.54) is 12.1 Å². The first-order chi connectivity index (χ1) is 10.8. The number of hydrogen-bond acceptors (Lipinski definition) is 3. The standard InChI is InChI=1S/C15H12F3N5/c1-23-8-9-5-12(20-7-13(9)22-23)14(19)21-11-4-2-3-10(6-11)15(16,17)18/h2-8H,1H3,(H2,19,21). The Bertz CT molecular complexity index is 896. The first kappa shape index (κ1) is 15.0. The molecular weight excluding hydrogens is 307 g/mol. The summed E-state index contributed by atoms with van der Waals surface area (Å²) in [5.74, 6) is 0.0371. The zero-order chi connectivity index (χ0) is 16.6. The van der Waals surface area contributed by atoms with Crippen molar-refractivity contribution in [2.75, 3.05) is 0 Å². The van der Waals surface area contributed by atoms with Crippen LogP contribution in [0.3, 0.4) is 0 Å². The second-order valence-corrected chi connectivity index (χ2v) is 4.98. The maximum atomic E-state index is 12.7. The number of benzene rings is 1. The summed E-state index contributed by atoms with van der Waals surface area (Å²) in [5, 5.41) is 5.00. The Balaban J connectivity index is 1.97. The third kappa shape index (κ3) is 3.15. The van der Waals surface area contributed by atoms with Crippen molar-refractivity contribution in [2.45, 2.75) is 6.18 Å². The van der Waals surface area contributed by atoms with Gasteiger partial charge in [-0.1, -0.05) is 6.07 Å². The Morgan fingerprint density at radius 2 is 2.04 bits per heavy atom. The fourth-order valence-electron chi connectivity index (χ4n) is 2.14. The van der Waals surface area contributed by atoms with Gasteiger partial charge in [0.25, 0.3) is 0 Å². The van der Waals surface area contributed by atoms with Crippen LogP contribution in [0.2, 0.25) is 0 Å². The summed E-state index contributed by atoms with van der Waals surface area (Å²) in [6, 6.07) is 6.34. The minimum absolute atomic E-state index is 0.0371. The van der Waals surface area contributed by atoms with Crippen LogP contribution in [0.15, 0.2) is 47.7 Å². The number of alkyl halides is 3. The fraction of sp³-hybridized carbons (Fsp3) is 0.133. The zero-order valence-corrected chi connectivity index (χ0v) is 12.0. The van der Waals surface area contributed by atoms with Gasteiger partial charge in [0.2, 0.25) is 0 Å². The van der Waals surface area contributed by atoms with E-state index in [4.69, 9.17) is 5.73 Å². The molecule has 5 nitrogen and oxygen atoms in total. The van der Waals surface area contributed by atoms with Crippen LogP contribution < -0.4 is 5.73 Å². The summed E-state index contributed by atoms with van der Waals surface area (Å²) in [4.78, 5) is 8.16. The largest absolute Gasteiger partial charge is 0.416 e. The molecule has 1 aromatic carbocycles. The SMILES string of the molecule is Cn1cc2cc(C(N)=Nc3cccc(C(F)(F)F)c3)ncc2n1.